The first-order valence-electron chi connectivity index (χ1n) is 8.06. The smallest absolute Gasteiger partial charge is 0.197 e. The molecule has 0 unspecified atom stereocenters. The van der Waals surface area contributed by atoms with Crippen molar-refractivity contribution in [2.45, 2.75) is 6.92 Å². The van der Waals surface area contributed by atoms with Crippen molar-refractivity contribution in [2.75, 3.05) is 12.3 Å². The monoisotopic (exact) mass is 348 g/mol. The molecular formula is C18H16N6O2. The number of pyridine rings is 3. The lowest BCUT2D eigenvalue weighted by molar-refractivity contribution is 0.201. The number of nitrogen functional groups attached to an aromatic ring is 1. The second kappa shape index (κ2) is 6.32. The molecule has 0 bridgehead atoms. The van der Waals surface area contributed by atoms with Crippen LogP contribution in [0.2, 0.25) is 0 Å². The van der Waals surface area contributed by atoms with Gasteiger partial charge < -0.3 is 15.7 Å². The summed E-state index contributed by atoms with van der Waals surface area (Å²) in [5, 5.41) is 10.5. The molecule has 0 aliphatic rings. The number of fused-ring (bicyclic) bond motifs is 1. The summed E-state index contributed by atoms with van der Waals surface area (Å²) in [7, 11) is 0. The van der Waals surface area contributed by atoms with E-state index in [1.54, 1.807) is 36.7 Å². The Labute approximate surface area is 148 Å². The summed E-state index contributed by atoms with van der Waals surface area (Å²) < 4.78 is 6.31. The number of aromatic nitrogens is 5. The Morgan fingerprint density at radius 2 is 1.92 bits per heavy atom. The molecule has 130 valence electrons. The maximum atomic E-state index is 10.5. The number of ether oxygens (including phenoxy) is 1. The zero-order valence-electron chi connectivity index (χ0n) is 14.0. The number of hydrogen-bond acceptors (Lipinski definition) is 7. The standard InChI is InChI=1S/C18H16N6O2/c1-2-26-11-5-6-13(21-10-11)14-7-8-15-18(22-14)24(25)17(23-15)12-4-3-9-20-16(12)19/h3-10,25H,2H2,1H3,(H2,19,20). The van der Waals surface area contributed by atoms with Crippen molar-refractivity contribution in [3.63, 3.8) is 0 Å². The van der Waals surface area contributed by atoms with E-state index in [1.807, 2.05) is 19.1 Å². The Morgan fingerprint density at radius 3 is 2.65 bits per heavy atom. The molecule has 0 radical (unpaired) electrons. The average molecular weight is 348 g/mol. The van der Waals surface area contributed by atoms with E-state index >= 15 is 0 Å². The van der Waals surface area contributed by atoms with Gasteiger partial charge in [-0.25, -0.2) is 15.0 Å². The molecule has 4 aromatic heterocycles. The number of nitrogens with two attached hydrogens (primary N) is 1. The minimum atomic E-state index is 0.284. The summed E-state index contributed by atoms with van der Waals surface area (Å²) in [6, 6.07) is 10.7. The van der Waals surface area contributed by atoms with Crippen LogP contribution in [0.4, 0.5) is 5.82 Å². The third-order valence-corrected chi connectivity index (χ3v) is 3.87. The summed E-state index contributed by atoms with van der Waals surface area (Å²) >= 11 is 0. The molecule has 4 aromatic rings. The molecule has 0 saturated carbocycles. The highest BCUT2D eigenvalue weighted by Gasteiger charge is 2.16. The molecule has 0 atom stereocenters. The highest BCUT2D eigenvalue weighted by molar-refractivity contribution is 5.81. The molecule has 0 spiro atoms. The molecule has 8 nitrogen and oxygen atoms in total. The fraction of sp³-hybridized carbons (Fsp3) is 0.111. The maximum Gasteiger partial charge on any atom is 0.197 e. The lowest BCUT2D eigenvalue weighted by Crippen LogP contribution is -2.00. The van der Waals surface area contributed by atoms with Gasteiger partial charge in [0, 0.05) is 6.20 Å². The first kappa shape index (κ1) is 15.8. The summed E-state index contributed by atoms with van der Waals surface area (Å²) in [4.78, 5) is 17.3. The van der Waals surface area contributed by atoms with Gasteiger partial charge in [-0.05, 0) is 43.3 Å². The molecule has 26 heavy (non-hydrogen) atoms. The Morgan fingerprint density at radius 1 is 1.08 bits per heavy atom. The van der Waals surface area contributed by atoms with Crippen molar-refractivity contribution >= 4 is 17.0 Å². The molecule has 0 aliphatic carbocycles. The minimum Gasteiger partial charge on any atom is -0.492 e. The quantitative estimate of drug-likeness (QED) is 0.545. The number of nitrogens with zero attached hydrogens (tertiary/aromatic N) is 5. The summed E-state index contributed by atoms with van der Waals surface area (Å²) in [6.07, 6.45) is 3.22. The van der Waals surface area contributed by atoms with Crippen LogP contribution in [0.5, 0.6) is 5.75 Å². The topological polar surface area (TPSA) is 112 Å². The largest absolute Gasteiger partial charge is 0.492 e. The predicted molar refractivity (Wildman–Crippen MR) is 96.8 cm³/mol. The van der Waals surface area contributed by atoms with E-state index in [1.165, 1.54) is 0 Å². The molecule has 4 heterocycles. The van der Waals surface area contributed by atoms with Gasteiger partial charge in [-0.1, -0.05) is 0 Å². The van der Waals surface area contributed by atoms with Crippen molar-refractivity contribution in [2.24, 2.45) is 0 Å². The molecule has 8 heteroatoms. The number of rotatable bonds is 4. The highest BCUT2D eigenvalue weighted by atomic mass is 16.5. The lowest BCUT2D eigenvalue weighted by atomic mass is 10.2. The van der Waals surface area contributed by atoms with Gasteiger partial charge in [0.05, 0.1) is 29.8 Å². The first-order valence-corrected chi connectivity index (χ1v) is 8.06. The van der Waals surface area contributed by atoms with Crippen LogP contribution in [0.1, 0.15) is 6.92 Å². The van der Waals surface area contributed by atoms with Gasteiger partial charge in [0.25, 0.3) is 0 Å². The van der Waals surface area contributed by atoms with E-state index in [4.69, 9.17) is 10.5 Å². The van der Waals surface area contributed by atoms with Crippen molar-refractivity contribution in [1.82, 2.24) is 24.7 Å². The molecule has 0 fully saturated rings. The van der Waals surface area contributed by atoms with Crippen LogP contribution in [0.3, 0.4) is 0 Å². The highest BCUT2D eigenvalue weighted by Crippen LogP contribution is 2.27. The Kier molecular flexibility index (Phi) is 3.85. The molecule has 4 rings (SSSR count). The van der Waals surface area contributed by atoms with Crippen molar-refractivity contribution in [3.8, 4) is 28.5 Å². The van der Waals surface area contributed by atoms with Crippen LogP contribution in [-0.2, 0) is 0 Å². The van der Waals surface area contributed by atoms with Crippen LogP contribution in [-0.4, -0.2) is 36.5 Å². The van der Waals surface area contributed by atoms with Gasteiger partial charge in [0.1, 0.15) is 17.1 Å². The first-order chi connectivity index (χ1) is 12.7. The fourth-order valence-corrected chi connectivity index (χ4v) is 2.65. The minimum absolute atomic E-state index is 0.284. The lowest BCUT2D eigenvalue weighted by Gasteiger charge is -2.04. The summed E-state index contributed by atoms with van der Waals surface area (Å²) in [5.74, 6) is 1.26. The molecule has 0 amide bonds. The summed E-state index contributed by atoms with van der Waals surface area (Å²) in [5.41, 5.74) is 8.56. The zero-order chi connectivity index (χ0) is 18.1. The maximum absolute atomic E-state index is 10.5. The fourth-order valence-electron chi connectivity index (χ4n) is 2.65. The second-order valence-electron chi connectivity index (χ2n) is 5.53. The van der Waals surface area contributed by atoms with E-state index in [-0.39, 0.29) is 11.6 Å². The molecule has 3 N–H and O–H groups in total. The average Bonchev–Trinajstić information content (AvgIpc) is 2.99. The van der Waals surface area contributed by atoms with Gasteiger partial charge in [0.2, 0.25) is 0 Å². The van der Waals surface area contributed by atoms with Crippen LogP contribution in [0.15, 0.2) is 48.8 Å². The van der Waals surface area contributed by atoms with E-state index in [2.05, 4.69) is 19.9 Å². The van der Waals surface area contributed by atoms with E-state index in [0.29, 0.717) is 40.5 Å². The molecule has 0 aromatic carbocycles. The van der Waals surface area contributed by atoms with Gasteiger partial charge in [-0.3, -0.25) is 4.98 Å². The van der Waals surface area contributed by atoms with Gasteiger partial charge in [-0.2, -0.15) is 0 Å². The third-order valence-electron chi connectivity index (χ3n) is 3.87. The van der Waals surface area contributed by atoms with Crippen molar-refractivity contribution in [1.29, 1.82) is 0 Å². The summed E-state index contributed by atoms with van der Waals surface area (Å²) in [6.45, 7) is 2.49. The number of imidazole rings is 1. The normalized spacial score (nSPS) is 11.0. The third kappa shape index (κ3) is 2.67. The number of anilines is 1. The zero-order valence-corrected chi connectivity index (χ0v) is 14.0. The van der Waals surface area contributed by atoms with Crippen LogP contribution in [0.25, 0.3) is 33.9 Å². The van der Waals surface area contributed by atoms with Crippen LogP contribution in [0, 0.1) is 0 Å². The SMILES string of the molecule is CCOc1ccc(-c2ccc3nc(-c4cccnc4N)n(O)c3n2)nc1. The Hall–Kier alpha value is -3.68. The predicted octanol–water partition coefficient (Wildman–Crippen LogP) is 2.77. The van der Waals surface area contributed by atoms with Crippen molar-refractivity contribution in [3.05, 3.63) is 48.8 Å². The molecule has 0 saturated heterocycles. The van der Waals surface area contributed by atoms with E-state index in [9.17, 15) is 5.21 Å². The van der Waals surface area contributed by atoms with Gasteiger partial charge >= 0.3 is 0 Å². The Bertz CT molecular complexity index is 1070. The van der Waals surface area contributed by atoms with Gasteiger partial charge in [-0.15, -0.1) is 4.73 Å². The van der Waals surface area contributed by atoms with Crippen LogP contribution < -0.4 is 10.5 Å². The van der Waals surface area contributed by atoms with E-state index < -0.39 is 0 Å². The second-order valence-corrected chi connectivity index (χ2v) is 5.53. The van der Waals surface area contributed by atoms with E-state index in [0.717, 1.165) is 4.73 Å². The van der Waals surface area contributed by atoms with Gasteiger partial charge in [0.15, 0.2) is 11.5 Å². The van der Waals surface area contributed by atoms with Crippen molar-refractivity contribution < 1.29 is 9.94 Å². The Balaban J connectivity index is 1.78. The molecular weight excluding hydrogens is 332 g/mol. The van der Waals surface area contributed by atoms with Crippen LogP contribution >= 0.6 is 0 Å². The number of hydrogen-bond donors (Lipinski definition) is 2. The molecule has 0 aliphatic heterocycles.